The molecule has 0 spiro atoms. The van der Waals surface area contributed by atoms with Crippen molar-refractivity contribution in [2.24, 2.45) is 0 Å². The first kappa shape index (κ1) is 38.3. The molecule has 2 saturated heterocycles. The SMILES string of the molecule is CCCCCCCCCCC(=O)N1CCCCCC1=O.CCCCCCCCCCCCC(=O)N1CCCCCC1=O. The smallest absolute Gasteiger partial charge is 0.229 e. The molecule has 2 fully saturated rings. The van der Waals surface area contributed by atoms with Crippen LogP contribution < -0.4 is 0 Å². The minimum atomic E-state index is 0.0482. The van der Waals surface area contributed by atoms with Crippen molar-refractivity contribution >= 4 is 23.6 Å². The monoisotopic (exact) mass is 591 g/mol. The summed E-state index contributed by atoms with van der Waals surface area (Å²) in [6.07, 6.45) is 30.9. The molecular formula is C36H66N2O4. The highest BCUT2D eigenvalue weighted by molar-refractivity contribution is 5.96. The van der Waals surface area contributed by atoms with Gasteiger partial charge in [0.05, 0.1) is 0 Å². The van der Waals surface area contributed by atoms with E-state index in [4.69, 9.17) is 0 Å². The number of hydrogen-bond acceptors (Lipinski definition) is 4. The maximum atomic E-state index is 12.1. The zero-order chi connectivity index (χ0) is 30.7. The molecule has 2 rings (SSSR count). The van der Waals surface area contributed by atoms with Crippen LogP contribution in [-0.2, 0) is 19.2 Å². The molecule has 2 heterocycles. The van der Waals surface area contributed by atoms with Gasteiger partial charge in [0, 0.05) is 38.8 Å². The lowest BCUT2D eigenvalue weighted by molar-refractivity contribution is -0.146. The van der Waals surface area contributed by atoms with Crippen molar-refractivity contribution in [2.45, 2.75) is 194 Å². The summed E-state index contributed by atoms with van der Waals surface area (Å²) in [7, 11) is 0. The Labute approximate surface area is 259 Å². The fraction of sp³-hybridized carbons (Fsp3) is 0.889. The van der Waals surface area contributed by atoms with Crippen LogP contribution in [0.25, 0.3) is 0 Å². The lowest BCUT2D eigenvalue weighted by atomic mass is 10.1. The van der Waals surface area contributed by atoms with Crippen LogP contribution in [0.1, 0.15) is 194 Å². The molecule has 0 aliphatic carbocycles. The minimum absolute atomic E-state index is 0.0482. The quantitative estimate of drug-likeness (QED) is 0.132. The fourth-order valence-electron chi connectivity index (χ4n) is 5.94. The van der Waals surface area contributed by atoms with Crippen molar-refractivity contribution in [3.8, 4) is 0 Å². The molecule has 0 aromatic heterocycles. The van der Waals surface area contributed by atoms with Crippen molar-refractivity contribution < 1.29 is 19.2 Å². The molecule has 6 heteroatoms. The third-order valence-corrected chi connectivity index (χ3v) is 8.74. The van der Waals surface area contributed by atoms with Gasteiger partial charge in [0.2, 0.25) is 23.6 Å². The maximum Gasteiger partial charge on any atom is 0.229 e. The van der Waals surface area contributed by atoms with Gasteiger partial charge < -0.3 is 0 Å². The van der Waals surface area contributed by atoms with E-state index in [0.717, 1.165) is 64.2 Å². The molecule has 0 aromatic rings. The molecule has 4 amide bonds. The Kier molecular flexibility index (Phi) is 24.5. The summed E-state index contributed by atoms with van der Waals surface area (Å²) in [5.74, 6) is 0.219. The average molecular weight is 591 g/mol. The van der Waals surface area contributed by atoms with E-state index in [1.54, 1.807) is 0 Å². The second-order valence-corrected chi connectivity index (χ2v) is 12.7. The highest BCUT2D eigenvalue weighted by Crippen LogP contribution is 2.16. The summed E-state index contributed by atoms with van der Waals surface area (Å²) in [6, 6.07) is 0. The number of carbonyl (C=O) groups excluding carboxylic acids is 4. The number of unbranched alkanes of at least 4 members (excludes halogenated alkanes) is 16. The van der Waals surface area contributed by atoms with Gasteiger partial charge in [-0.1, -0.05) is 129 Å². The summed E-state index contributed by atoms with van der Waals surface area (Å²) in [5, 5.41) is 0. The van der Waals surface area contributed by atoms with Gasteiger partial charge in [0.25, 0.3) is 0 Å². The summed E-state index contributed by atoms with van der Waals surface area (Å²) in [5.41, 5.74) is 0. The van der Waals surface area contributed by atoms with Crippen LogP contribution >= 0.6 is 0 Å². The number of amides is 4. The molecule has 0 saturated carbocycles. The number of carbonyl (C=O) groups is 4. The van der Waals surface area contributed by atoms with E-state index in [2.05, 4.69) is 13.8 Å². The van der Waals surface area contributed by atoms with Crippen molar-refractivity contribution in [1.82, 2.24) is 9.80 Å². The topological polar surface area (TPSA) is 74.8 Å². The molecule has 0 unspecified atom stereocenters. The highest BCUT2D eigenvalue weighted by Gasteiger charge is 2.23. The van der Waals surface area contributed by atoms with Crippen LogP contribution in [0.5, 0.6) is 0 Å². The second-order valence-electron chi connectivity index (χ2n) is 12.7. The van der Waals surface area contributed by atoms with E-state index in [1.165, 1.54) is 99.7 Å². The maximum absolute atomic E-state index is 12.1. The standard InChI is InChI=1S/C19H35NO2.C17H31NO2/c1-2-3-4-5-6-7-8-9-10-12-15-18(21)20-17-14-11-13-16-19(20)22;1-2-3-4-5-6-7-8-10-13-16(19)18-15-12-9-11-14-17(18)20/h2-17H2,1H3;2-15H2,1H3. The van der Waals surface area contributed by atoms with E-state index < -0.39 is 0 Å². The van der Waals surface area contributed by atoms with E-state index in [9.17, 15) is 19.2 Å². The Morgan fingerprint density at radius 2 is 0.762 bits per heavy atom. The van der Waals surface area contributed by atoms with Crippen molar-refractivity contribution in [3.05, 3.63) is 0 Å². The van der Waals surface area contributed by atoms with Gasteiger partial charge >= 0.3 is 0 Å². The molecule has 0 atom stereocenters. The van der Waals surface area contributed by atoms with E-state index >= 15 is 0 Å². The molecule has 42 heavy (non-hydrogen) atoms. The van der Waals surface area contributed by atoms with Crippen LogP contribution in [0.2, 0.25) is 0 Å². The van der Waals surface area contributed by atoms with Crippen LogP contribution in [-0.4, -0.2) is 46.5 Å². The van der Waals surface area contributed by atoms with E-state index in [-0.39, 0.29) is 23.6 Å². The lowest BCUT2D eigenvalue weighted by Gasteiger charge is -2.18. The molecule has 0 aromatic carbocycles. The number of rotatable bonds is 20. The van der Waals surface area contributed by atoms with Crippen LogP contribution in [0.15, 0.2) is 0 Å². The van der Waals surface area contributed by atoms with Crippen molar-refractivity contribution in [1.29, 1.82) is 0 Å². The molecule has 0 bridgehead atoms. The molecule has 2 aliphatic heterocycles. The summed E-state index contributed by atoms with van der Waals surface area (Å²) >= 11 is 0. The van der Waals surface area contributed by atoms with Crippen LogP contribution in [0.4, 0.5) is 0 Å². The van der Waals surface area contributed by atoms with Crippen molar-refractivity contribution in [2.75, 3.05) is 13.1 Å². The highest BCUT2D eigenvalue weighted by atomic mass is 16.2. The zero-order valence-corrected chi connectivity index (χ0v) is 27.7. The third kappa shape index (κ3) is 19.5. The zero-order valence-electron chi connectivity index (χ0n) is 27.7. The molecule has 6 nitrogen and oxygen atoms in total. The first-order valence-corrected chi connectivity index (χ1v) is 18.2. The average Bonchev–Trinajstić information content (AvgIpc) is 3.34. The van der Waals surface area contributed by atoms with Gasteiger partial charge in [-0.2, -0.15) is 0 Å². The summed E-state index contributed by atoms with van der Waals surface area (Å²) < 4.78 is 0. The normalized spacial score (nSPS) is 16.0. The molecule has 0 N–H and O–H groups in total. The Hall–Kier alpha value is -1.72. The van der Waals surface area contributed by atoms with Gasteiger partial charge in [0.15, 0.2) is 0 Å². The Morgan fingerprint density at radius 1 is 0.452 bits per heavy atom. The van der Waals surface area contributed by atoms with Gasteiger partial charge in [-0.05, 0) is 38.5 Å². The number of hydrogen-bond donors (Lipinski definition) is 0. The predicted molar refractivity (Wildman–Crippen MR) is 174 cm³/mol. The lowest BCUT2D eigenvalue weighted by Crippen LogP contribution is -2.36. The van der Waals surface area contributed by atoms with Crippen LogP contribution in [0, 0.1) is 0 Å². The predicted octanol–water partition coefficient (Wildman–Crippen LogP) is 9.67. The summed E-state index contributed by atoms with van der Waals surface area (Å²) in [4.78, 5) is 50.8. The van der Waals surface area contributed by atoms with E-state index in [0.29, 0.717) is 38.8 Å². The molecule has 0 radical (unpaired) electrons. The molecular weight excluding hydrogens is 524 g/mol. The van der Waals surface area contributed by atoms with Gasteiger partial charge in [-0.25, -0.2) is 0 Å². The Bertz CT molecular complexity index is 723. The first-order valence-electron chi connectivity index (χ1n) is 18.2. The summed E-state index contributed by atoms with van der Waals surface area (Å²) in [6.45, 7) is 5.78. The minimum Gasteiger partial charge on any atom is -0.283 e. The number of nitrogens with zero attached hydrogens (tertiary/aromatic N) is 2. The first-order chi connectivity index (χ1) is 20.5. The largest absolute Gasteiger partial charge is 0.283 e. The van der Waals surface area contributed by atoms with E-state index in [1.807, 2.05) is 0 Å². The van der Waals surface area contributed by atoms with Crippen molar-refractivity contribution in [3.63, 3.8) is 0 Å². The fourth-order valence-corrected chi connectivity index (χ4v) is 5.94. The number of likely N-dealkylation sites (tertiary alicyclic amines) is 2. The Morgan fingerprint density at radius 3 is 1.10 bits per heavy atom. The number of imide groups is 2. The molecule has 244 valence electrons. The molecule has 2 aliphatic rings. The van der Waals surface area contributed by atoms with Crippen LogP contribution in [0.3, 0.4) is 0 Å². The van der Waals surface area contributed by atoms with Gasteiger partial charge in [-0.15, -0.1) is 0 Å². The van der Waals surface area contributed by atoms with Gasteiger partial charge in [0.1, 0.15) is 0 Å². The second kappa shape index (κ2) is 26.9. The third-order valence-electron chi connectivity index (χ3n) is 8.74. The van der Waals surface area contributed by atoms with Gasteiger partial charge in [-0.3, -0.25) is 29.0 Å². The Balaban J connectivity index is 0.000000422.